The van der Waals surface area contributed by atoms with Gasteiger partial charge in [-0.05, 0) is 19.1 Å². The minimum atomic E-state index is -0.563. The minimum absolute atomic E-state index is 0.0389. The highest BCUT2D eigenvalue weighted by atomic mass is 79.9. The number of thioether (sulfide) groups is 1. The molecular formula is C15H14BrN3O3S. The van der Waals surface area contributed by atoms with Crippen LogP contribution in [-0.4, -0.2) is 34.1 Å². The number of carbonyl (C=O) groups is 2. The second kappa shape index (κ2) is 8.07. The summed E-state index contributed by atoms with van der Waals surface area (Å²) in [6.45, 7) is 1.95. The molecule has 0 spiro atoms. The number of halogens is 1. The molecule has 0 aliphatic rings. The summed E-state index contributed by atoms with van der Waals surface area (Å²) in [6, 6.07) is 7.10. The zero-order valence-electron chi connectivity index (χ0n) is 12.3. The second-order valence-electron chi connectivity index (χ2n) is 4.39. The van der Waals surface area contributed by atoms with E-state index in [0.717, 1.165) is 16.2 Å². The normalized spacial score (nSPS) is 10.3. The van der Waals surface area contributed by atoms with Crippen LogP contribution in [0.1, 0.15) is 27.6 Å². The molecule has 0 unspecified atom stereocenters. The number of nitrogens with two attached hydrogens (primary N) is 1. The fraction of sp³-hybridized carbons (Fsp3) is 0.200. The highest BCUT2D eigenvalue weighted by Gasteiger charge is 2.14. The molecule has 0 amide bonds. The third kappa shape index (κ3) is 4.77. The van der Waals surface area contributed by atoms with Crippen molar-refractivity contribution < 1.29 is 14.3 Å². The zero-order valence-corrected chi connectivity index (χ0v) is 14.7. The van der Waals surface area contributed by atoms with Gasteiger partial charge in [0.15, 0.2) is 10.9 Å². The third-order valence-electron chi connectivity index (χ3n) is 2.79. The van der Waals surface area contributed by atoms with Crippen molar-refractivity contribution in [1.29, 1.82) is 0 Å². The third-order valence-corrected chi connectivity index (χ3v) is 4.18. The molecule has 0 atom stereocenters. The van der Waals surface area contributed by atoms with Crippen molar-refractivity contribution >= 4 is 45.3 Å². The Hall–Kier alpha value is -1.93. The summed E-state index contributed by atoms with van der Waals surface area (Å²) in [7, 11) is 0. The lowest BCUT2D eigenvalue weighted by Gasteiger charge is -2.06. The first kappa shape index (κ1) is 17.4. The second-order valence-corrected chi connectivity index (χ2v) is 6.25. The molecular weight excluding hydrogens is 382 g/mol. The minimum Gasteiger partial charge on any atom is -0.462 e. The van der Waals surface area contributed by atoms with Crippen molar-refractivity contribution in [3.05, 3.63) is 46.1 Å². The van der Waals surface area contributed by atoms with Crippen LogP contribution in [0.25, 0.3) is 0 Å². The molecule has 120 valence electrons. The predicted molar refractivity (Wildman–Crippen MR) is 91.6 cm³/mol. The van der Waals surface area contributed by atoms with Crippen molar-refractivity contribution in [2.45, 2.75) is 12.1 Å². The predicted octanol–water partition coefficient (Wildman–Crippen LogP) is 2.97. The molecule has 6 nitrogen and oxygen atoms in total. The number of esters is 1. The van der Waals surface area contributed by atoms with Gasteiger partial charge in [-0.2, -0.15) is 0 Å². The summed E-state index contributed by atoms with van der Waals surface area (Å²) in [5.74, 6) is -0.386. The molecule has 8 heteroatoms. The number of hydrogen-bond donors (Lipinski definition) is 1. The molecule has 1 aromatic heterocycles. The van der Waals surface area contributed by atoms with E-state index in [1.807, 2.05) is 0 Å². The van der Waals surface area contributed by atoms with Gasteiger partial charge in [0, 0.05) is 16.2 Å². The lowest BCUT2D eigenvalue weighted by atomic mass is 10.2. The molecule has 23 heavy (non-hydrogen) atoms. The molecule has 0 bridgehead atoms. The summed E-state index contributed by atoms with van der Waals surface area (Å²) in [4.78, 5) is 31.7. The van der Waals surface area contributed by atoms with Gasteiger partial charge >= 0.3 is 5.97 Å². The molecule has 1 aromatic carbocycles. The van der Waals surface area contributed by atoms with Gasteiger partial charge in [0.1, 0.15) is 11.4 Å². The molecule has 0 aliphatic carbocycles. The van der Waals surface area contributed by atoms with E-state index in [2.05, 4.69) is 25.9 Å². The Balaban J connectivity index is 2.01. The molecule has 0 saturated carbocycles. The van der Waals surface area contributed by atoms with Gasteiger partial charge in [0.05, 0.1) is 12.4 Å². The Morgan fingerprint density at radius 1 is 1.30 bits per heavy atom. The standard InChI is InChI=1S/C15H14BrN3O3S/c1-2-22-14(21)11-7-18-15(19-13(11)17)23-8-12(20)9-3-5-10(16)6-4-9/h3-7H,2,8H2,1H3,(H2,17,18,19). The van der Waals surface area contributed by atoms with Crippen LogP contribution >= 0.6 is 27.7 Å². The number of Topliss-reactive ketones (excluding diaryl/α,β-unsaturated/α-hetero) is 1. The van der Waals surface area contributed by atoms with Gasteiger partial charge < -0.3 is 10.5 Å². The van der Waals surface area contributed by atoms with Crippen LogP contribution in [-0.2, 0) is 4.74 Å². The van der Waals surface area contributed by atoms with Gasteiger partial charge in [0.2, 0.25) is 0 Å². The van der Waals surface area contributed by atoms with Crippen molar-refractivity contribution in [1.82, 2.24) is 9.97 Å². The number of anilines is 1. The van der Waals surface area contributed by atoms with Gasteiger partial charge in [-0.3, -0.25) is 4.79 Å². The van der Waals surface area contributed by atoms with E-state index >= 15 is 0 Å². The topological polar surface area (TPSA) is 95.2 Å². The molecule has 0 fully saturated rings. The number of rotatable bonds is 6. The number of benzene rings is 1. The quantitative estimate of drug-likeness (QED) is 0.347. The van der Waals surface area contributed by atoms with Crippen molar-refractivity contribution in [3.63, 3.8) is 0 Å². The van der Waals surface area contributed by atoms with Crippen LogP contribution < -0.4 is 5.73 Å². The van der Waals surface area contributed by atoms with E-state index in [-0.39, 0.29) is 29.5 Å². The number of nitrogens with zero attached hydrogens (tertiary/aromatic N) is 2. The van der Waals surface area contributed by atoms with Gasteiger partial charge in [0.25, 0.3) is 0 Å². The molecule has 1 heterocycles. The highest BCUT2D eigenvalue weighted by Crippen LogP contribution is 2.19. The first-order valence-corrected chi connectivity index (χ1v) is 8.50. The van der Waals surface area contributed by atoms with Crippen LogP contribution in [0.4, 0.5) is 5.82 Å². The van der Waals surface area contributed by atoms with Crippen LogP contribution in [0.2, 0.25) is 0 Å². The smallest absolute Gasteiger partial charge is 0.343 e. The molecule has 0 aliphatic heterocycles. The summed E-state index contributed by atoms with van der Waals surface area (Å²) in [5.41, 5.74) is 6.46. The zero-order chi connectivity index (χ0) is 16.8. The fourth-order valence-corrected chi connectivity index (χ4v) is 2.64. The highest BCUT2D eigenvalue weighted by molar-refractivity contribution is 9.10. The molecule has 2 rings (SSSR count). The maximum absolute atomic E-state index is 12.1. The largest absolute Gasteiger partial charge is 0.462 e. The Bertz CT molecular complexity index is 722. The number of hydrogen-bond acceptors (Lipinski definition) is 7. The van der Waals surface area contributed by atoms with Crippen LogP contribution in [0.15, 0.2) is 40.1 Å². The lowest BCUT2D eigenvalue weighted by molar-refractivity contribution is 0.0526. The average molecular weight is 396 g/mol. The van der Waals surface area contributed by atoms with Crippen molar-refractivity contribution in [2.24, 2.45) is 0 Å². The number of ketones is 1. The van der Waals surface area contributed by atoms with Gasteiger partial charge in [-0.1, -0.05) is 39.8 Å². The summed E-state index contributed by atoms with van der Waals surface area (Å²) in [5, 5.41) is 0.334. The molecule has 2 N–H and O–H groups in total. The lowest BCUT2D eigenvalue weighted by Crippen LogP contribution is -2.11. The Kier molecular flexibility index (Phi) is 6.12. The van der Waals surface area contributed by atoms with Crippen LogP contribution in [0.5, 0.6) is 0 Å². The molecule has 0 radical (unpaired) electrons. The van der Waals surface area contributed by atoms with Crippen molar-refractivity contribution in [2.75, 3.05) is 18.1 Å². The van der Waals surface area contributed by atoms with Gasteiger partial charge in [-0.25, -0.2) is 14.8 Å². The Morgan fingerprint density at radius 2 is 2.00 bits per heavy atom. The Labute approximate surface area is 146 Å². The summed E-state index contributed by atoms with van der Waals surface area (Å²) >= 11 is 4.48. The van der Waals surface area contributed by atoms with E-state index < -0.39 is 5.97 Å². The van der Waals surface area contributed by atoms with E-state index in [9.17, 15) is 9.59 Å². The SMILES string of the molecule is CCOC(=O)c1cnc(SCC(=O)c2ccc(Br)cc2)nc1N. The average Bonchev–Trinajstić information content (AvgIpc) is 2.53. The maximum atomic E-state index is 12.1. The number of ether oxygens (including phenoxy) is 1. The van der Waals surface area contributed by atoms with Crippen LogP contribution in [0.3, 0.4) is 0 Å². The number of aromatic nitrogens is 2. The van der Waals surface area contributed by atoms with E-state index in [1.54, 1.807) is 31.2 Å². The van der Waals surface area contributed by atoms with Crippen LogP contribution in [0, 0.1) is 0 Å². The maximum Gasteiger partial charge on any atom is 0.343 e. The van der Waals surface area contributed by atoms with E-state index in [4.69, 9.17) is 10.5 Å². The summed E-state index contributed by atoms with van der Waals surface area (Å²) in [6.07, 6.45) is 1.31. The van der Waals surface area contributed by atoms with Crippen molar-refractivity contribution in [3.8, 4) is 0 Å². The summed E-state index contributed by atoms with van der Waals surface area (Å²) < 4.78 is 5.76. The monoisotopic (exact) mass is 395 g/mol. The first-order valence-electron chi connectivity index (χ1n) is 6.72. The fourth-order valence-electron chi connectivity index (χ4n) is 1.66. The molecule has 0 saturated heterocycles. The van der Waals surface area contributed by atoms with E-state index in [1.165, 1.54) is 6.20 Å². The number of carbonyl (C=O) groups excluding carboxylic acids is 2. The Morgan fingerprint density at radius 3 is 2.61 bits per heavy atom. The van der Waals surface area contributed by atoms with E-state index in [0.29, 0.717) is 10.7 Å². The van der Waals surface area contributed by atoms with Gasteiger partial charge in [-0.15, -0.1) is 0 Å². The first-order chi connectivity index (χ1) is 11.0. The molecule has 2 aromatic rings. The number of nitrogen functional groups attached to an aromatic ring is 1.